The number of carbonyl (C=O) groups is 1. The molecule has 1 aliphatic rings. The van der Waals surface area contributed by atoms with Crippen LogP contribution in [0.3, 0.4) is 0 Å². The van der Waals surface area contributed by atoms with Gasteiger partial charge in [-0.25, -0.2) is 0 Å². The van der Waals surface area contributed by atoms with Crippen LogP contribution in [-0.4, -0.2) is 16.5 Å². The second-order valence-corrected chi connectivity index (χ2v) is 5.61. The number of aliphatic hydroxyl groups is 1. The average molecular weight is 234 g/mol. The maximum Gasteiger partial charge on any atom is 0.158 e. The third-order valence-corrected chi connectivity index (χ3v) is 3.53. The lowest BCUT2D eigenvalue weighted by Crippen LogP contribution is -2.25. The highest BCUT2D eigenvalue weighted by atomic mass is 16.3. The van der Waals surface area contributed by atoms with Gasteiger partial charge in [0, 0.05) is 6.42 Å². The van der Waals surface area contributed by atoms with E-state index in [0.717, 1.165) is 17.6 Å². The fourth-order valence-corrected chi connectivity index (χ4v) is 2.08. The normalized spacial score (nSPS) is 23.9. The van der Waals surface area contributed by atoms with Crippen LogP contribution in [0, 0.1) is 5.41 Å². The van der Waals surface area contributed by atoms with Crippen LogP contribution in [0.4, 0.5) is 0 Å². The molecule has 1 unspecified atom stereocenters. The van der Waals surface area contributed by atoms with Gasteiger partial charge in [-0.05, 0) is 42.9 Å². The van der Waals surface area contributed by atoms with E-state index < -0.39 is 5.60 Å². The van der Waals surface area contributed by atoms with E-state index in [1.54, 1.807) is 13.0 Å². The first-order valence-corrected chi connectivity index (χ1v) is 5.99. The summed E-state index contributed by atoms with van der Waals surface area (Å²) in [6.07, 6.45) is 6.53. The van der Waals surface area contributed by atoms with Crippen LogP contribution in [0.5, 0.6) is 0 Å². The molecule has 2 nitrogen and oxygen atoms in total. The van der Waals surface area contributed by atoms with E-state index in [2.05, 4.69) is 20.4 Å². The highest BCUT2D eigenvalue weighted by molar-refractivity contribution is 5.97. The highest BCUT2D eigenvalue weighted by Gasteiger charge is 2.31. The SMILES string of the molecule is C=CC(C)(O)C=CC1=C(C)C(=O)CCC1(C)C. The molecule has 0 bridgehead atoms. The van der Waals surface area contributed by atoms with Crippen molar-refractivity contribution in [2.45, 2.75) is 46.1 Å². The van der Waals surface area contributed by atoms with Gasteiger partial charge in [0.05, 0.1) is 5.60 Å². The van der Waals surface area contributed by atoms with Gasteiger partial charge in [-0.2, -0.15) is 0 Å². The van der Waals surface area contributed by atoms with E-state index in [0.29, 0.717) is 6.42 Å². The third kappa shape index (κ3) is 3.16. The van der Waals surface area contributed by atoms with Gasteiger partial charge in [-0.3, -0.25) is 4.79 Å². The van der Waals surface area contributed by atoms with Gasteiger partial charge in [-0.15, -0.1) is 0 Å². The largest absolute Gasteiger partial charge is 0.382 e. The van der Waals surface area contributed by atoms with E-state index in [-0.39, 0.29) is 11.2 Å². The molecule has 0 heterocycles. The first-order chi connectivity index (χ1) is 7.69. The Labute approximate surface area is 104 Å². The molecule has 1 aliphatic carbocycles. The van der Waals surface area contributed by atoms with Gasteiger partial charge in [-0.1, -0.05) is 32.6 Å². The summed E-state index contributed by atoms with van der Waals surface area (Å²) < 4.78 is 0. The molecule has 17 heavy (non-hydrogen) atoms. The van der Waals surface area contributed by atoms with E-state index in [9.17, 15) is 9.90 Å². The smallest absolute Gasteiger partial charge is 0.158 e. The molecule has 94 valence electrons. The first kappa shape index (κ1) is 13.9. The Balaban J connectivity index is 3.13. The topological polar surface area (TPSA) is 37.3 Å². The van der Waals surface area contributed by atoms with Crippen LogP contribution in [-0.2, 0) is 4.79 Å². The van der Waals surface area contributed by atoms with Crippen LogP contribution < -0.4 is 0 Å². The van der Waals surface area contributed by atoms with Crippen LogP contribution >= 0.6 is 0 Å². The summed E-state index contributed by atoms with van der Waals surface area (Å²) in [5.74, 6) is 0.210. The molecule has 0 aliphatic heterocycles. The Morgan fingerprint density at radius 3 is 2.59 bits per heavy atom. The number of Topliss-reactive ketones (excluding diaryl/α,β-unsaturated/α-hetero) is 1. The van der Waals surface area contributed by atoms with Crippen LogP contribution in [0.25, 0.3) is 0 Å². The average Bonchev–Trinajstić information content (AvgIpc) is 2.24. The summed E-state index contributed by atoms with van der Waals surface area (Å²) in [7, 11) is 0. The second-order valence-electron chi connectivity index (χ2n) is 5.61. The minimum absolute atomic E-state index is 0.00819. The summed E-state index contributed by atoms with van der Waals surface area (Å²) in [5, 5.41) is 9.86. The molecule has 0 saturated heterocycles. The van der Waals surface area contributed by atoms with Gasteiger partial charge in [0.1, 0.15) is 0 Å². The molecule has 0 amide bonds. The Kier molecular flexibility index (Phi) is 3.78. The van der Waals surface area contributed by atoms with E-state index >= 15 is 0 Å². The zero-order valence-corrected chi connectivity index (χ0v) is 11.2. The molecule has 0 radical (unpaired) electrons. The van der Waals surface area contributed by atoms with Gasteiger partial charge in [0.25, 0.3) is 0 Å². The number of hydrogen-bond donors (Lipinski definition) is 1. The predicted molar refractivity (Wildman–Crippen MR) is 70.7 cm³/mol. The second kappa shape index (κ2) is 4.61. The molecule has 0 aromatic carbocycles. The summed E-state index contributed by atoms with van der Waals surface area (Å²) >= 11 is 0. The van der Waals surface area contributed by atoms with Crippen molar-refractivity contribution in [3.63, 3.8) is 0 Å². The zero-order chi connectivity index (χ0) is 13.3. The lowest BCUT2D eigenvalue weighted by molar-refractivity contribution is -0.116. The van der Waals surface area contributed by atoms with Crippen molar-refractivity contribution >= 4 is 5.78 Å². The molecule has 0 aromatic heterocycles. The van der Waals surface area contributed by atoms with Crippen molar-refractivity contribution in [1.29, 1.82) is 0 Å². The number of rotatable bonds is 3. The van der Waals surface area contributed by atoms with Crippen LogP contribution in [0.15, 0.2) is 36.0 Å². The standard InChI is InChI=1S/C15H22O2/c1-6-15(5,17)10-7-12-11(2)13(16)8-9-14(12,3)4/h6-7,10,17H,1,8-9H2,2-5H3. The molecule has 1 N–H and O–H groups in total. The summed E-state index contributed by atoms with van der Waals surface area (Å²) in [6.45, 7) is 11.4. The molecular formula is C15H22O2. The minimum Gasteiger partial charge on any atom is -0.382 e. The fourth-order valence-electron chi connectivity index (χ4n) is 2.08. The Morgan fingerprint density at radius 1 is 1.47 bits per heavy atom. The molecule has 2 heteroatoms. The summed E-state index contributed by atoms with van der Waals surface area (Å²) in [5.41, 5.74) is 0.809. The molecular weight excluding hydrogens is 212 g/mol. The maximum absolute atomic E-state index is 11.7. The van der Waals surface area contributed by atoms with E-state index in [4.69, 9.17) is 0 Å². The predicted octanol–water partition coefficient (Wildman–Crippen LogP) is 3.19. The number of hydrogen-bond acceptors (Lipinski definition) is 2. The van der Waals surface area contributed by atoms with Crippen molar-refractivity contribution in [2.75, 3.05) is 0 Å². The summed E-state index contributed by atoms with van der Waals surface area (Å²) in [6, 6.07) is 0. The van der Waals surface area contributed by atoms with Crippen LogP contribution in [0.1, 0.15) is 40.5 Å². The Bertz CT molecular complexity index is 395. The third-order valence-electron chi connectivity index (χ3n) is 3.53. The van der Waals surface area contributed by atoms with Crippen molar-refractivity contribution in [3.05, 3.63) is 36.0 Å². The molecule has 1 rings (SSSR count). The van der Waals surface area contributed by atoms with Crippen molar-refractivity contribution in [2.24, 2.45) is 5.41 Å². The molecule has 0 saturated carbocycles. The van der Waals surface area contributed by atoms with Gasteiger partial charge >= 0.3 is 0 Å². The van der Waals surface area contributed by atoms with Gasteiger partial charge in [0.15, 0.2) is 5.78 Å². The number of carbonyl (C=O) groups excluding carboxylic acids is 1. The first-order valence-electron chi connectivity index (χ1n) is 5.99. The molecule has 0 fully saturated rings. The quantitative estimate of drug-likeness (QED) is 0.761. The highest BCUT2D eigenvalue weighted by Crippen LogP contribution is 2.39. The van der Waals surface area contributed by atoms with E-state index in [1.807, 2.05) is 13.0 Å². The zero-order valence-electron chi connectivity index (χ0n) is 11.2. The van der Waals surface area contributed by atoms with Gasteiger partial charge in [0.2, 0.25) is 0 Å². The van der Waals surface area contributed by atoms with Gasteiger partial charge < -0.3 is 5.11 Å². The Hall–Kier alpha value is -1.15. The lowest BCUT2D eigenvalue weighted by Gasteiger charge is -2.32. The lowest BCUT2D eigenvalue weighted by atomic mass is 9.72. The van der Waals surface area contributed by atoms with Crippen molar-refractivity contribution in [1.82, 2.24) is 0 Å². The Morgan fingerprint density at radius 2 is 2.06 bits per heavy atom. The molecule has 0 spiro atoms. The maximum atomic E-state index is 11.7. The number of allylic oxidation sites excluding steroid dienone is 3. The van der Waals surface area contributed by atoms with E-state index in [1.165, 1.54) is 6.08 Å². The number of ketones is 1. The van der Waals surface area contributed by atoms with Crippen molar-refractivity contribution in [3.8, 4) is 0 Å². The fraction of sp³-hybridized carbons (Fsp3) is 0.533. The molecule has 1 atom stereocenters. The van der Waals surface area contributed by atoms with Crippen LogP contribution in [0.2, 0.25) is 0 Å². The minimum atomic E-state index is -1.02. The van der Waals surface area contributed by atoms with Crippen molar-refractivity contribution < 1.29 is 9.90 Å². The summed E-state index contributed by atoms with van der Waals surface area (Å²) in [4.78, 5) is 11.7. The monoisotopic (exact) mass is 234 g/mol. The molecule has 0 aromatic rings.